The van der Waals surface area contributed by atoms with Crippen molar-refractivity contribution in [2.24, 2.45) is 46.3 Å². The molecule has 0 aliphatic heterocycles. The fourth-order valence-corrected chi connectivity index (χ4v) is 8.39. The van der Waals surface area contributed by atoms with Crippen molar-refractivity contribution in [3.63, 3.8) is 0 Å². The van der Waals surface area contributed by atoms with Crippen LogP contribution in [0.1, 0.15) is 85.0 Å². The molecule has 0 heterocycles. The third-order valence-corrected chi connectivity index (χ3v) is 9.68. The lowest BCUT2D eigenvalue weighted by atomic mass is 9.42. The van der Waals surface area contributed by atoms with Gasteiger partial charge < -0.3 is 4.79 Å². The average Bonchev–Trinajstić information content (AvgIpc) is 2.90. The molecule has 1 heteroatoms. The van der Waals surface area contributed by atoms with Crippen LogP contribution in [0.5, 0.6) is 0 Å². The van der Waals surface area contributed by atoms with Crippen molar-refractivity contribution in [1.82, 2.24) is 0 Å². The van der Waals surface area contributed by atoms with E-state index in [1.165, 1.54) is 70.5 Å². The van der Waals surface area contributed by atoms with Gasteiger partial charge in [-0.25, -0.2) is 0 Å². The maximum absolute atomic E-state index is 11.9. The van der Waals surface area contributed by atoms with Gasteiger partial charge in [-0.15, -0.1) is 0 Å². The molecule has 0 spiro atoms. The standard InChI is InChI=1S/C22H36O/c1-4-15-9-11-19-18-10-8-16-6-5-7-17(14-23)22(16,3)20(18)12-13-21(15,19)2/h14-20H,4-13H2,1-3H3/t15-,16-,17?,18-,19-,20-,21+,22+/m0/s1. The van der Waals surface area contributed by atoms with Gasteiger partial charge in [0.1, 0.15) is 6.29 Å². The lowest BCUT2D eigenvalue weighted by Gasteiger charge is -2.62. The number of hydrogen-bond donors (Lipinski definition) is 0. The number of carbonyl (C=O) groups excluding carboxylic acids is 1. The van der Waals surface area contributed by atoms with Crippen molar-refractivity contribution in [2.75, 3.05) is 0 Å². The van der Waals surface area contributed by atoms with Gasteiger partial charge in [0.05, 0.1) is 0 Å². The lowest BCUT2D eigenvalue weighted by molar-refractivity contribution is -0.148. The van der Waals surface area contributed by atoms with Crippen molar-refractivity contribution in [3.8, 4) is 0 Å². The second-order valence-corrected chi connectivity index (χ2v) is 9.92. The molecule has 0 radical (unpaired) electrons. The van der Waals surface area contributed by atoms with Gasteiger partial charge in [0.25, 0.3) is 0 Å². The highest BCUT2D eigenvalue weighted by Crippen LogP contribution is 2.68. The van der Waals surface area contributed by atoms with E-state index >= 15 is 0 Å². The van der Waals surface area contributed by atoms with Gasteiger partial charge in [-0.3, -0.25) is 0 Å². The van der Waals surface area contributed by atoms with Crippen LogP contribution >= 0.6 is 0 Å². The Labute approximate surface area is 143 Å². The summed E-state index contributed by atoms with van der Waals surface area (Å²) in [5.41, 5.74) is 0.943. The fraction of sp³-hybridized carbons (Fsp3) is 0.955. The molecule has 0 amide bonds. The normalized spacial score (nSPS) is 55.6. The second kappa shape index (κ2) is 5.60. The molecule has 4 fully saturated rings. The first-order valence-electron chi connectivity index (χ1n) is 10.5. The highest BCUT2D eigenvalue weighted by Gasteiger charge is 2.61. The molecule has 23 heavy (non-hydrogen) atoms. The van der Waals surface area contributed by atoms with E-state index in [1.807, 2.05) is 0 Å². The van der Waals surface area contributed by atoms with Crippen molar-refractivity contribution >= 4 is 6.29 Å². The van der Waals surface area contributed by atoms with Crippen LogP contribution < -0.4 is 0 Å². The van der Waals surface area contributed by atoms with E-state index in [4.69, 9.17) is 0 Å². The zero-order valence-electron chi connectivity index (χ0n) is 15.5. The summed E-state index contributed by atoms with van der Waals surface area (Å²) in [6, 6.07) is 0. The molecule has 4 aliphatic carbocycles. The Hall–Kier alpha value is -0.330. The highest BCUT2D eigenvalue weighted by atomic mass is 16.1. The van der Waals surface area contributed by atoms with Crippen LogP contribution in [-0.4, -0.2) is 6.29 Å². The number of carbonyl (C=O) groups is 1. The number of rotatable bonds is 2. The molecule has 0 bridgehead atoms. The number of aldehydes is 1. The van der Waals surface area contributed by atoms with Crippen LogP contribution in [0.15, 0.2) is 0 Å². The van der Waals surface area contributed by atoms with Gasteiger partial charge in [0.2, 0.25) is 0 Å². The summed E-state index contributed by atoms with van der Waals surface area (Å²) in [4.78, 5) is 11.9. The van der Waals surface area contributed by atoms with Crippen molar-refractivity contribution in [3.05, 3.63) is 0 Å². The van der Waals surface area contributed by atoms with Crippen LogP contribution in [0.25, 0.3) is 0 Å². The molecule has 1 nitrogen and oxygen atoms in total. The quantitative estimate of drug-likeness (QED) is 0.582. The molecule has 1 unspecified atom stereocenters. The van der Waals surface area contributed by atoms with E-state index in [9.17, 15) is 4.79 Å². The summed E-state index contributed by atoms with van der Waals surface area (Å²) < 4.78 is 0. The van der Waals surface area contributed by atoms with Crippen molar-refractivity contribution in [1.29, 1.82) is 0 Å². The van der Waals surface area contributed by atoms with E-state index in [-0.39, 0.29) is 0 Å². The molecule has 4 saturated carbocycles. The van der Waals surface area contributed by atoms with Crippen LogP contribution in [0.2, 0.25) is 0 Å². The molecular formula is C22H36O. The van der Waals surface area contributed by atoms with E-state index in [1.54, 1.807) is 0 Å². The predicted molar refractivity (Wildman–Crippen MR) is 95.1 cm³/mol. The van der Waals surface area contributed by atoms with Crippen molar-refractivity contribution in [2.45, 2.75) is 85.0 Å². The maximum atomic E-state index is 11.9. The van der Waals surface area contributed by atoms with E-state index in [0.29, 0.717) is 16.7 Å². The zero-order chi connectivity index (χ0) is 16.2. The van der Waals surface area contributed by atoms with Crippen LogP contribution in [0.4, 0.5) is 0 Å². The van der Waals surface area contributed by atoms with Gasteiger partial charge in [0, 0.05) is 5.92 Å². The maximum Gasteiger partial charge on any atom is 0.123 e. The Kier molecular flexibility index (Phi) is 3.93. The highest BCUT2D eigenvalue weighted by molar-refractivity contribution is 5.55. The summed E-state index contributed by atoms with van der Waals surface area (Å²) >= 11 is 0. The summed E-state index contributed by atoms with van der Waals surface area (Å²) in [5, 5.41) is 0. The second-order valence-electron chi connectivity index (χ2n) is 9.92. The van der Waals surface area contributed by atoms with Gasteiger partial charge in [-0.2, -0.15) is 0 Å². The Balaban J connectivity index is 1.67. The Morgan fingerprint density at radius 3 is 2.52 bits per heavy atom. The van der Waals surface area contributed by atoms with Gasteiger partial charge in [-0.1, -0.05) is 33.6 Å². The number of fused-ring (bicyclic) bond motifs is 5. The fourth-order valence-electron chi connectivity index (χ4n) is 8.39. The van der Waals surface area contributed by atoms with Crippen LogP contribution in [0, 0.1) is 46.3 Å². The Bertz CT molecular complexity index is 471. The van der Waals surface area contributed by atoms with E-state index in [0.717, 1.165) is 29.6 Å². The van der Waals surface area contributed by atoms with Crippen LogP contribution in [0.3, 0.4) is 0 Å². The first-order chi connectivity index (χ1) is 11.1. The molecule has 130 valence electrons. The predicted octanol–water partition coefficient (Wildman–Crippen LogP) is 5.87. The van der Waals surface area contributed by atoms with Gasteiger partial charge >= 0.3 is 0 Å². The SMILES string of the molecule is CC[C@H]1CC[C@H]2[C@@H]3CC[C@@H]4CCCC(C=O)[C@]4(C)[C@H]3CC[C@]12C. The molecule has 0 N–H and O–H groups in total. The molecule has 4 rings (SSSR count). The molecule has 8 atom stereocenters. The first-order valence-corrected chi connectivity index (χ1v) is 10.5. The molecule has 4 aliphatic rings. The zero-order valence-corrected chi connectivity index (χ0v) is 15.5. The third kappa shape index (κ3) is 2.07. The Morgan fingerprint density at radius 2 is 1.78 bits per heavy atom. The summed E-state index contributed by atoms with van der Waals surface area (Å²) in [5.74, 6) is 4.87. The smallest absolute Gasteiger partial charge is 0.123 e. The van der Waals surface area contributed by atoms with Crippen LogP contribution in [-0.2, 0) is 4.79 Å². The van der Waals surface area contributed by atoms with E-state index in [2.05, 4.69) is 20.8 Å². The van der Waals surface area contributed by atoms with E-state index < -0.39 is 0 Å². The largest absolute Gasteiger partial charge is 0.303 e. The average molecular weight is 317 g/mol. The van der Waals surface area contributed by atoms with Gasteiger partial charge in [0.15, 0.2) is 0 Å². The first kappa shape index (κ1) is 16.2. The minimum absolute atomic E-state index is 0.328. The monoisotopic (exact) mass is 316 g/mol. The summed E-state index contributed by atoms with van der Waals surface area (Å²) in [6.07, 6.45) is 15.2. The third-order valence-electron chi connectivity index (χ3n) is 9.68. The lowest BCUT2D eigenvalue weighted by Crippen LogP contribution is -2.56. The molecule has 0 aromatic carbocycles. The molecule has 0 aromatic heterocycles. The van der Waals surface area contributed by atoms with Crippen molar-refractivity contribution < 1.29 is 4.79 Å². The summed E-state index contributed by atoms with van der Waals surface area (Å²) in [7, 11) is 0. The summed E-state index contributed by atoms with van der Waals surface area (Å²) in [6.45, 7) is 7.56. The molecule has 0 aromatic rings. The minimum atomic E-state index is 0.328. The van der Waals surface area contributed by atoms with Gasteiger partial charge in [-0.05, 0) is 91.8 Å². The molecule has 0 saturated heterocycles. The number of hydrogen-bond acceptors (Lipinski definition) is 1. The minimum Gasteiger partial charge on any atom is -0.303 e. The topological polar surface area (TPSA) is 17.1 Å². The molecular weight excluding hydrogens is 280 g/mol. The Morgan fingerprint density at radius 1 is 0.957 bits per heavy atom.